The van der Waals surface area contributed by atoms with E-state index in [0.29, 0.717) is 17.9 Å². The lowest BCUT2D eigenvalue weighted by atomic mass is 9.92. The summed E-state index contributed by atoms with van der Waals surface area (Å²) in [5.74, 6) is -3.38. The fraction of sp³-hybridized carbons (Fsp3) is 0.733. The normalized spacial score (nSPS) is 19.4. The van der Waals surface area contributed by atoms with Crippen molar-refractivity contribution in [1.29, 1.82) is 0 Å². The van der Waals surface area contributed by atoms with Gasteiger partial charge in [0.15, 0.2) is 0 Å². The molecule has 0 aromatic heterocycles. The molecule has 2 atom stereocenters. The van der Waals surface area contributed by atoms with E-state index in [0.717, 1.165) is 6.42 Å². The number of ether oxygens (including phenoxy) is 1. The van der Waals surface area contributed by atoms with E-state index in [9.17, 15) is 24.3 Å². The standard InChI is InChI=1S/C15H25N3O6/c1-3-24-12(20)6-7-15(2,14(22)23)18(11(19)9-16)13(21)10-5-4-8-17-10/h10,17H,3-9,16H2,1-2H3,(H,22,23)/t10-,15-/m0/s1. The third-order valence-corrected chi connectivity index (χ3v) is 4.08. The predicted octanol–water partition coefficient (Wildman–Crippen LogP) is -0.761. The van der Waals surface area contributed by atoms with Crippen molar-refractivity contribution in [2.24, 2.45) is 5.73 Å². The van der Waals surface area contributed by atoms with Gasteiger partial charge in [-0.25, -0.2) is 4.79 Å². The van der Waals surface area contributed by atoms with Crippen LogP contribution < -0.4 is 11.1 Å². The van der Waals surface area contributed by atoms with Crippen LogP contribution in [0.4, 0.5) is 0 Å². The highest BCUT2D eigenvalue weighted by Gasteiger charge is 2.47. The van der Waals surface area contributed by atoms with E-state index in [2.05, 4.69) is 5.32 Å². The van der Waals surface area contributed by atoms with Crippen molar-refractivity contribution in [2.75, 3.05) is 19.7 Å². The molecule has 0 spiro atoms. The maximum Gasteiger partial charge on any atom is 0.329 e. The molecule has 0 aromatic rings. The van der Waals surface area contributed by atoms with Crippen LogP contribution in [-0.2, 0) is 23.9 Å². The fourth-order valence-electron chi connectivity index (χ4n) is 2.68. The molecule has 1 aliphatic heterocycles. The predicted molar refractivity (Wildman–Crippen MR) is 83.8 cm³/mol. The van der Waals surface area contributed by atoms with E-state index in [1.54, 1.807) is 6.92 Å². The largest absolute Gasteiger partial charge is 0.479 e. The van der Waals surface area contributed by atoms with E-state index in [1.807, 2.05) is 0 Å². The molecule has 1 fully saturated rings. The van der Waals surface area contributed by atoms with Crippen LogP contribution in [0.2, 0.25) is 0 Å². The lowest BCUT2D eigenvalue weighted by Crippen LogP contribution is -2.62. The number of rotatable bonds is 8. The fourth-order valence-corrected chi connectivity index (χ4v) is 2.68. The zero-order valence-corrected chi connectivity index (χ0v) is 14.0. The van der Waals surface area contributed by atoms with E-state index in [1.165, 1.54) is 6.92 Å². The molecule has 0 saturated carbocycles. The molecule has 9 heteroatoms. The Hall–Kier alpha value is -2.00. The maximum atomic E-state index is 12.7. The van der Waals surface area contributed by atoms with Gasteiger partial charge in [0.25, 0.3) is 0 Å². The second-order valence-corrected chi connectivity index (χ2v) is 5.80. The third kappa shape index (κ3) is 4.51. The molecule has 0 unspecified atom stereocenters. The van der Waals surface area contributed by atoms with Crippen LogP contribution in [0.1, 0.15) is 39.5 Å². The van der Waals surface area contributed by atoms with Gasteiger partial charge < -0.3 is 20.9 Å². The van der Waals surface area contributed by atoms with Crippen molar-refractivity contribution >= 4 is 23.8 Å². The number of carbonyl (C=O) groups is 4. The van der Waals surface area contributed by atoms with E-state index in [-0.39, 0.29) is 19.4 Å². The molecule has 9 nitrogen and oxygen atoms in total. The Labute approximate surface area is 140 Å². The minimum atomic E-state index is -1.87. The molecule has 0 radical (unpaired) electrons. The first kappa shape index (κ1) is 20.0. The lowest BCUT2D eigenvalue weighted by molar-refractivity contribution is -0.167. The first-order valence-corrected chi connectivity index (χ1v) is 7.97. The Balaban J connectivity index is 3.07. The summed E-state index contributed by atoms with van der Waals surface area (Å²) in [5, 5.41) is 12.6. The van der Waals surface area contributed by atoms with Crippen molar-refractivity contribution in [3.63, 3.8) is 0 Å². The Morgan fingerprint density at radius 3 is 2.50 bits per heavy atom. The van der Waals surface area contributed by atoms with E-state index < -0.39 is 41.9 Å². The average molecular weight is 343 g/mol. The van der Waals surface area contributed by atoms with Gasteiger partial charge in [-0.2, -0.15) is 0 Å². The van der Waals surface area contributed by atoms with Crippen molar-refractivity contribution < 1.29 is 29.0 Å². The molecule has 0 aliphatic carbocycles. The number of hydrogen-bond acceptors (Lipinski definition) is 7. The molecule has 4 N–H and O–H groups in total. The molecule has 0 bridgehead atoms. The Morgan fingerprint density at radius 2 is 2.04 bits per heavy atom. The molecular weight excluding hydrogens is 318 g/mol. The number of nitrogens with zero attached hydrogens (tertiary/aromatic N) is 1. The maximum absolute atomic E-state index is 12.7. The highest BCUT2D eigenvalue weighted by molar-refractivity contribution is 6.03. The van der Waals surface area contributed by atoms with Crippen LogP contribution in [0.15, 0.2) is 0 Å². The van der Waals surface area contributed by atoms with Gasteiger partial charge in [0.05, 0.1) is 19.2 Å². The van der Waals surface area contributed by atoms with Crippen LogP contribution in [0.25, 0.3) is 0 Å². The summed E-state index contributed by atoms with van der Waals surface area (Å²) in [6.45, 7) is 3.16. The van der Waals surface area contributed by atoms with Crippen LogP contribution in [0.5, 0.6) is 0 Å². The molecular formula is C15H25N3O6. The number of carboxylic acid groups (broad SMARTS) is 1. The number of nitrogens with two attached hydrogens (primary N) is 1. The first-order valence-electron chi connectivity index (χ1n) is 7.97. The SMILES string of the molecule is CCOC(=O)CC[C@@](C)(C(=O)O)N(C(=O)CN)C(=O)[C@@H]1CCCN1. The number of hydrogen-bond donors (Lipinski definition) is 3. The van der Waals surface area contributed by atoms with Crippen LogP contribution in [0.3, 0.4) is 0 Å². The van der Waals surface area contributed by atoms with Crippen LogP contribution >= 0.6 is 0 Å². The smallest absolute Gasteiger partial charge is 0.329 e. The first-order chi connectivity index (χ1) is 11.3. The summed E-state index contributed by atoms with van der Waals surface area (Å²) in [6.07, 6.45) is 0.802. The number of imide groups is 1. The van der Waals surface area contributed by atoms with Crippen molar-refractivity contribution in [1.82, 2.24) is 10.2 Å². The zero-order chi connectivity index (χ0) is 18.3. The Kier molecular flexibility index (Phi) is 7.30. The quantitative estimate of drug-likeness (QED) is 0.489. The molecule has 1 aliphatic rings. The van der Waals surface area contributed by atoms with Crippen molar-refractivity contribution in [3.8, 4) is 0 Å². The molecule has 2 amide bonds. The minimum absolute atomic E-state index is 0.166. The molecule has 24 heavy (non-hydrogen) atoms. The van der Waals surface area contributed by atoms with Gasteiger partial charge in [-0.1, -0.05) is 0 Å². The van der Waals surface area contributed by atoms with Gasteiger partial charge in [0.2, 0.25) is 11.8 Å². The number of aliphatic carboxylic acids is 1. The van der Waals surface area contributed by atoms with Gasteiger partial charge >= 0.3 is 11.9 Å². The topological polar surface area (TPSA) is 139 Å². The number of amides is 2. The summed E-state index contributed by atoms with van der Waals surface area (Å²) in [7, 11) is 0. The van der Waals surface area contributed by atoms with Gasteiger partial charge in [0, 0.05) is 6.42 Å². The van der Waals surface area contributed by atoms with Crippen LogP contribution in [-0.4, -0.2) is 65.0 Å². The highest BCUT2D eigenvalue weighted by atomic mass is 16.5. The van der Waals surface area contributed by atoms with Gasteiger partial charge in [-0.05, 0) is 39.7 Å². The lowest BCUT2D eigenvalue weighted by Gasteiger charge is -2.37. The molecule has 1 heterocycles. The van der Waals surface area contributed by atoms with E-state index in [4.69, 9.17) is 10.5 Å². The molecule has 0 aromatic carbocycles. The second kappa shape index (κ2) is 8.74. The summed E-state index contributed by atoms with van der Waals surface area (Å²) in [5.41, 5.74) is 3.49. The Morgan fingerprint density at radius 1 is 1.38 bits per heavy atom. The summed E-state index contributed by atoms with van der Waals surface area (Å²) in [4.78, 5) is 48.9. The number of carbonyl (C=O) groups excluding carboxylic acids is 3. The summed E-state index contributed by atoms with van der Waals surface area (Å²) >= 11 is 0. The highest BCUT2D eigenvalue weighted by Crippen LogP contribution is 2.25. The number of nitrogens with one attached hydrogen (secondary N) is 1. The van der Waals surface area contributed by atoms with Crippen molar-refractivity contribution in [2.45, 2.75) is 51.1 Å². The van der Waals surface area contributed by atoms with E-state index >= 15 is 0 Å². The van der Waals surface area contributed by atoms with Gasteiger partial charge in [0.1, 0.15) is 5.54 Å². The van der Waals surface area contributed by atoms with Crippen molar-refractivity contribution in [3.05, 3.63) is 0 Å². The van der Waals surface area contributed by atoms with Crippen LogP contribution in [0, 0.1) is 0 Å². The summed E-state index contributed by atoms with van der Waals surface area (Å²) in [6, 6.07) is -0.623. The molecule has 136 valence electrons. The number of esters is 1. The Bertz CT molecular complexity index is 503. The van der Waals surface area contributed by atoms with Gasteiger partial charge in [-0.15, -0.1) is 0 Å². The van der Waals surface area contributed by atoms with Gasteiger partial charge in [-0.3, -0.25) is 19.3 Å². The molecule has 1 rings (SSSR count). The third-order valence-electron chi connectivity index (χ3n) is 4.08. The monoisotopic (exact) mass is 343 g/mol. The second-order valence-electron chi connectivity index (χ2n) is 5.80. The average Bonchev–Trinajstić information content (AvgIpc) is 3.07. The zero-order valence-electron chi connectivity index (χ0n) is 14.0. The minimum Gasteiger partial charge on any atom is -0.479 e. The molecule has 1 saturated heterocycles. The number of carboxylic acids is 1. The summed E-state index contributed by atoms with van der Waals surface area (Å²) < 4.78 is 4.79.